The van der Waals surface area contributed by atoms with E-state index >= 15 is 0 Å². The predicted molar refractivity (Wildman–Crippen MR) is 75.9 cm³/mol. The largest absolute Gasteiger partial charge is 0.508 e. The molecule has 1 aromatic rings. The highest BCUT2D eigenvalue weighted by Crippen LogP contribution is 2.32. The van der Waals surface area contributed by atoms with Gasteiger partial charge in [-0.05, 0) is 55.2 Å². The van der Waals surface area contributed by atoms with Crippen LogP contribution in [0.25, 0.3) is 0 Å². The lowest BCUT2D eigenvalue weighted by Crippen LogP contribution is -2.36. The average molecular weight is 247 g/mol. The van der Waals surface area contributed by atoms with Crippen molar-refractivity contribution >= 4 is 0 Å². The lowest BCUT2D eigenvalue weighted by Gasteiger charge is -2.32. The van der Waals surface area contributed by atoms with E-state index < -0.39 is 0 Å². The minimum atomic E-state index is 0.355. The standard InChI is InChI=1S/C16H25NO/c1-3-16(4-2,12-17-14-7-8-14)11-13-5-9-15(18)10-6-13/h5-6,9-10,14,17-18H,3-4,7-8,11-12H2,1-2H3. The van der Waals surface area contributed by atoms with Gasteiger partial charge in [0.2, 0.25) is 0 Å². The number of hydrogen-bond donors (Lipinski definition) is 2. The molecule has 18 heavy (non-hydrogen) atoms. The molecule has 0 bridgehead atoms. The average Bonchev–Trinajstić information content (AvgIpc) is 3.21. The highest BCUT2D eigenvalue weighted by Gasteiger charge is 2.29. The number of nitrogens with one attached hydrogen (secondary N) is 1. The van der Waals surface area contributed by atoms with E-state index in [2.05, 4.69) is 19.2 Å². The Hall–Kier alpha value is -1.02. The smallest absolute Gasteiger partial charge is 0.115 e. The second kappa shape index (κ2) is 5.75. The molecule has 0 heterocycles. The van der Waals surface area contributed by atoms with E-state index in [1.165, 1.54) is 31.2 Å². The van der Waals surface area contributed by atoms with Crippen LogP contribution in [0.1, 0.15) is 45.1 Å². The first-order valence-corrected chi connectivity index (χ1v) is 7.19. The molecule has 0 amide bonds. The molecule has 0 saturated heterocycles. The topological polar surface area (TPSA) is 32.3 Å². The van der Waals surface area contributed by atoms with Crippen LogP contribution in [0.3, 0.4) is 0 Å². The Kier molecular flexibility index (Phi) is 4.28. The van der Waals surface area contributed by atoms with Gasteiger partial charge in [-0.2, -0.15) is 0 Å². The Morgan fingerprint density at radius 3 is 2.28 bits per heavy atom. The van der Waals surface area contributed by atoms with Crippen molar-refractivity contribution in [2.75, 3.05) is 6.54 Å². The first kappa shape index (κ1) is 13.4. The number of aromatic hydroxyl groups is 1. The van der Waals surface area contributed by atoms with Crippen LogP contribution in [0, 0.1) is 5.41 Å². The zero-order valence-electron chi connectivity index (χ0n) is 11.6. The lowest BCUT2D eigenvalue weighted by molar-refractivity contribution is 0.245. The van der Waals surface area contributed by atoms with Gasteiger partial charge < -0.3 is 10.4 Å². The maximum atomic E-state index is 9.34. The van der Waals surface area contributed by atoms with Crippen LogP contribution in [0.2, 0.25) is 0 Å². The second-order valence-corrected chi connectivity index (χ2v) is 5.71. The molecular formula is C16H25NO. The minimum Gasteiger partial charge on any atom is -0.508 e. The van der Waals surface area contributed by atoms with Gasteiger partial charge >= 0.3 is 0 Å². The third-order valence-electron chi connectivity index (χ3n) is 4.36. The van der Waals surface area contributed by atoms with Gasteiger partial charge in [-0.15, -0.1) is 0 Å². The molecular weight excluding hydrogens is 222 g/mol. The summed E-state index contributed by atoms with van der Waals surface area (Å²) < 4.78 is 0. The number of rotatable bonds is 7. The molecule has 2 N–H and O–H groups in total. The molecule has 2 rings (SSSR count). The Balaban J connectivity index is 2.00. The molecule has 0 aromatic heterocycles. The first-order valence-electron chi connectivity index (χ1n) is 7.19. The third kappa shape index (κ3) is 3.49. The van der Waals surface area contributed by atoms with Crippen molar-refractivity contribution in [3.8, 4) is 5.75 Å². The monoisotopic (exact) mass is 247 g/mol. The van der Waals surface area contributed by atoms with Crippen LogP contribution in [0.5, 0.6) is 5.75 Å². The van der Waals surface area contributed by atoms with Gasteiger partial charge in [-0.25, -0.2) is 0 Å². The number of benzene rings is 1. The Morgan fingerprint density at radius 1 is 1.17 bits per heavy atom. The minimum absolute atomic E-state index is 0.355. The summed E-state index contributed by atoms with van der Waals surface area (Å²) in [6.07, 6.45) is 6.19. The molecule has 0 aliphatic heterocycles. The summed E-state index contributed by atoms with van der Waals surface area (Å²) >= 11 is 0. The van der Waals surface area contributed by atoms with Gasteiger partial charge in [0.05, 0.1) is 0 Å². The SMILES string of the molecule is CCC(CC)(CNC1CC1)Cc1ccc(O)cc1. The van der Waals surface area contributed by atoms with Crippen molar-refractivity contribution in [1.29, 1.82) is 0 Å². The highest BCUT2D eigenvalue weighted by atomic mass is 16.3. The molecule has 1 fully saturated rings. The van der Waals surface area contributed by atoms with E-state index in [9.17, 15) is 5.11 Å². The molecule has 1 aromatic carbocycles. The van der Waals surface area contributed by atoms with Gasteiger partial charge in [-0.3, -0.25) is 0 Å². The third-order valence-corrected chi connectivity index (χ3v) is 4.36. The van der Waals surface area contributed by atoms with E-state index in [4.69, 9.17) is 0 Å². The Bertz CT molecular complexity index is 363. The quantitative estimate of drug-likeness (QED) is 0.773. The van der Waals surface area contributed by atoms with Gasteiger partial charge in [0, 0.05) is 12.6 Å². The van der Waals surface area contributed by atoms with Crippen LogP contribution >= 0.6 is 0 Å². The molecule has 1 saturated carbocycles. The summed E-state index contributed by atoms with van der Waals surface area (Å²) in [7, 11) is 0. The molecule has 0 spiro atoms. The number of phenolic OH excluding ortho intramolecular Hbond substituents is 1. The molecule has 0 atom stereocenters. The van der Waals surface area contributed by atoms with Crippen LogP contribution in [0.4, 0.5) is 0 Å². The molecule has 1 aliphatic carbocycles. The molecule has 2 heteroatoms. The fourth-order valence-corrected chi connectivity index (χ4v) is 2.51. The maximum Gasteiger partial charge on any atom is 0.115 e. The Morgan fingerprint density at radius 2 is 1.78 bits per heavy atom. The zero-order valence-corrected chi connectivity index (χ0v) is 11.6. The molecule has 0 unspecified atom stereocenters. The van der Waals surface area contributed by atoms with Crippen LogP contribution < -0.4 is 5.32 Å². The summed E-state index contributed by atoms with van der Waals surface area (Å²) in [5.41, 5.74) is 1.69. The molecule has 1 aliphatic rings. The summed E-state index contributed by atoms with van der Waals surface area (Å²) in [5.74, 6) is 0.355. The number of phenols is 1. The maximum absolute atomic E-state index is 9.34. The summed E-state index contributed by atoms with van der Waals surface area (Å²) in [4.78, 5) is 0. The lowest BCUT2D eigenvalue weighted by atomic mass is 9.77. The highest BCUT2D eigenvalue weighted by molar-refractivity contribution is 5.26. The second-order valence-electron chi connectivity index (χ2n) is 5.71. The normalized spacial score (nSPS) is 15.9. The first-order chi connectivity index (χ1) is 8.67. The van der Waals surface area contributed by atoms with E-state index in [0.29, 0.717) is 11.2 Å². The Labute approximate surface area is 110 Å². The van der Waals surface area contributed by atoms with Gasteiger partial charge in [0.15, 0.2) is 0 Å². The van der Waals surface area contributed by atoms with Crippen LogP contribution in [-0.2, 0) is 6.42 Å². The van der Waals surface area contributed by atoms with Crippen molar-refractivity contribution in [2.24, 2.45) is 5.41 Å². The molecule has 100 valence electrons. The van der Waals surface area contributed by atoms with Gasteiger partial charge in [0.25, 0.3) is 0 Å². The zero-order chi connectivity index (χ0) is 13.0. The predicted octanol–water partition coefficient (Wildman–Crippen LogP) is 3.49. The summed E-state index contributed by atoms with van der Waals surface area (Å²) in [6, 6.07) is 8.46. The van der Waals surface area contributed by atoms with Crippen LogP contribution in [-0.4, -0.2) is 17.7 Å². The van der Waals surface area contributed by atoms with Crippen molar-refractivity contribution in [3.05, 3.63) is 29.8 Å². The van der Waals surface area contributed by atoms with E-state index in [-0.39, 0.29) is 0 Å². The van der Waals surface area contributed by atoms with Crippen LogP contribution in [0.15, 0.2) is 24.3 Å². The molecule has 0 radical (unpaired) electrons. The van der Waals surface area contributed by atoms with Crippen molar-refractivity contribution in [2.45, 2.75) is 52.0 Å². The van der Waals surface area contributed by atoms with Crippen molar-refractivity contribution in [3.63, 3.8) is 0 Å². The van der Waals surface area contributed by atoms with Gasteiger partial charge in [0.1, 0.15) is 5.75 Å². The van der Waals surface area contributed by atoms with E-state index in [0.717, 1.165) is 19.0 Å². The van der Waals surface area contributed by atoms with Crippen molar-refractivity contribution in [1.82, 2.24) is 5.32 Å². The van der Waals surface area contributed by atoms with Gasteiger partial charge in [-0.1, -0.05) is 26.0 Å². The summed E-state index contributed by atoms with van der Waals surface area (Å²) in [5, 5.41) is 13.0. The molecule has 2 nitrogen and oxygen atoms in total. The van der Waals surface area contributed by atoms with E-state index in [1.54, 1.807) is 12.1 Å². The fourth-order valence-electron chi connectivity index (χ4n) is 2.51. The van der Waals surface area contributed by atoms with Crippen molar-refractivity contribution < 1.29 is 5.11 Å². The fraction of sp³-hybridized carbons (Fsp3) is 0.625. The summed E-state index contributed by atoms with van der Waals surface area (Å²) in [6.45, 7) is 5.70. The van der Waals surface area contributed by atoms with E-state index in [1.807, 2.05) is 12.1 Å². The number of hydrogen-bond acceptors (Lipinski definition) is 2.